The summed E-state index contributed by atoms with van der Waals surface area (Å²) in [6.07, 6.45) is -0.876. The Hall–Kier alpha value is -0.650. The van der Waals surface area contributed by atoms with Crippen LogP contribution in [0.2, 0.25) is 0 Å². The minimum absolute atomic E-state index is 0.0915. The summed E-state index contributed by atoms with van der Waals surface area (Å²) in [4.78, 5) is 10.7. The summed E-state index contributed by atoms with van der Waals surface area (Å²) in [7, 11) is 1.39. The van der Waals surface area contributed by atoms with Crippen LogP contribution < -0.4 is 5.32 Å². The number of esters is 1. The molecule has 0 aromatic rings. The zero-order chi connectivity index (χ0) is 9.40. The molecule has 0 aliphatic rings. The molecule has 0 aromatic carbocycles. The average Bonchev–Trinajstić information content (AvgIpc) is 2.04. The van der Waals surface area contributed by atoms with Crippen molar-refractivity contribution in [2.75, 3.05) is 26.8 Å². The van der Waals surface area contributed by atoms with Gasteiger partial charge in [-0.05, 0) is 6.92 Å². The predicted octanol–water partition coefficient (Wildman–Crippen LogP) is -0.896. The highest BCUT2D eigenvalue weighted by Gasteiger charge is 2.03. The normalized spacial score (nSPS) is 12.6. The Morgan fingerprint density at radius 1 is 1.67 bits per heavy atom. The fourth-order valence-electron chi connectivity index (χ4n) is 0.593. The van der Waals surface area contributed by atoms with Gasteiger partial charge in [0.25, 0.3) is 0 Å². The van der Waals surface area contributed by atoms with Crippen LogP contribution in [0.4, 0.5) is 0 Å². The minimum atomic E-state index is -0.876. The summed E-state index contributed by atoms with van der Waals surface area (Å²) in [6, 6.07) is 0. The molecule has 0 saturated heterocycles. The van der Waals surface area contributed by atoms with Crippen molar-refractivity contribution in [3.8, 4) is 0 Å². The third-order valence-corrected chi connectivity index (χ3v) is 1.17. The second-order valence-corrected chi connectivity index (χ2v) is 2.13. The van der Waals surface area contributed by atoms with Gasteiger partial charge < -0.3 is 19.9 Å². The van der Waals surface area contributed by atoms with Crippen LogP contribution in [0.3, 0.4) is 0 Å². The van der Waals surface area contributed by atoms with Gasteiger partial charge >= 0.3 is 5.97 Å². The van der Waals surface area contributed by atoms with Crippen molar-refractivity contribution in [1.82, 2.24) is 5.32 Å². The quantitative estimate of drug-likeness (QED) is 0.406. The average molecular weight is 177 g/mol. The molecule has 0 fully saturated rings. The highest BCUT2D eigenvalue weighted by molar-refractivity contribution is 5.71. The number of nitrogens with one attached hydrogen (secondary N) is 1. The van der Waals surface area contributed by atoms with Gasteiger partial charge in [-0.3, -0.25) is 4.79 Å². The lowest BCUT2D eigenvalue weighted by Crippen LogP contribution is -2.32. The van der Waals surface area contributed by atoms with Crippen LogP contribution in [0, 0.1) is 0 Å². The Morgan fingerprint density at radius 2 is 2.33 bits per heavy atom. The first-order valence-electron chi connectivity index (χ1n) is 3.78. The van der Waals surface area contributed by atoms with E-state index in [2.05, 4.69) is 14.8 Å². The summed E-state index contributed by atoms with van der Waals surface area (Å²) in [5.74, 6) is -0.333. The van der Waals surface area contributed by atoms with E-state index in [9.17, 15) is 4.79 Å². The first-order chi connectivity index (χ1) is 5.70. The van der Waals surface area contributed by atoms with Gasteiger partial charge in [0.2, 0.25) is 0 Å². The van der Waals surface area contributed by atoms with E-state index in [1.165, 1.54) is 7.11 Å². The first kappa shape index (κ1) is 11.4. The van der Waals surface area contributed by atoms with Gasteiger partial charge in [-0.25, -0.2) is 0 Å². The number of carbonyl (C=O) groups excluding carboxylic acids is 1. The van der Waals surface area contributed by atoms with Crippen molar-refractivity contribution in [3.05, 3.63) is 0 Å². The molecule has 0 bridgehead atoms. The molecule has 1 atom stereocenters. The van der Waals surface area contributed by atoms with Crippen LogP contribution in [0.15, 0.2) is 0 Å². The summed E-state index contributed by atoms with van der Waals surface area (Å²) in [5, 5.41) is 11.5. The molecule has 1 unspecified atom stereocenters. The van der Waals surface area contributed by atoms with E-state index < -0.39 is 6.29 Å². The Labute approximate surface area is 71.7 Å². The van der Waals surface area contributed by atoms with Crippen molar-refractivity contribution in [3.63, 3.8) is 0 Å². The van der Waals surface area contributed by atoms with Gasteiger partial charge in [-0.15, -0.1) is 0 Å². The molecule has 0 amide bonds. The van der Waals surface area contributed by atoms with Crippen molar-refractivity contribution in [1.29, 1.82) is 0 Å². The van der Waals surface area contributed by atoms with E-state index in [0.29, 0.717) is 6.61 Å². The lowest BCUT2D eigenvalue weighted by molar-refractivity contribution is -0.142. The first-order valence-corrected chi connectivity index (χ1v) is 3.78. The topological polar surface area (TPSA) is 67.8 Å². The lowest BCUT2D eigenvalue weighted by Gasteiger charge is -2.08. The molecule has 0 spiro atoms. The van der Waals surface area contributed by atoms with Crippen LogP contribution in [0.5, 0.6) is 0 Å². The molecular weight excluding hydrogens is 162 g/mol. The van der Waals surface area contributed by atoms with Gasteiger partial charge in [0.05, 0.1) is 13.2 Å². The maximum atomic E-state index is 10.7. The Bertz CT molecular complexity index is 129. The fraction of sp³-hybridized carbons (Fsp3) is 0.857. The molecule has 5 heteroatoms. The van der Waals surface area contributed by atoms with Gasteiger partial charge in [0, 0.05) is 13.7 Å². The highest BCUT2D eigenvalue weighted by Crippen LogP contribution is 1.80. The standard InChI is InChI=1S/C7H15NO4/c1-3-12-7(10)5-8-4-6(9)11-2/h6,8-9H,3-5H2,1-2H3. The molecule has 2 N–H and O–H groups in total. The number of methoxy groups -OCH3 is 1. The van der Waals surface area contributed by atoms with E-state index >= 15 is 0 Å². The van der Waals surface area contributed by atoms with Crippen molar-refractivity contribution in [2.45, 2.75) is 13.2 Å². The molecular formula is C7H15NO4. The largest absolute Gasteiger partial charge is 0.465 e. The van der Waals surface area contributed by atoms with Gasteiger partial charge in [-0.2, -0.15) is 0 Å². The third kappa shape index (κ3) is 6.09. The zero-order valence-electron chi connectivity index (χ0n) is 7.37. The van der Waals surface area contributed by atoms with Crippen LogP contribution in [-0.2, 0) is 14.3 Å². The SMILES string of the molecule is CCOC(=O)CNCC(O)OC. The van der Waals surface area contributed by atoms with Gasteiger partial charge in [0.1, 0.15) is 0 Å². The van der Waals surface area contributed by atoms with E-state index in [4.69, 9.17) is 5.11 Å². The molecule has 5 nitrogen and oxygen atoms in total. The van der Waals surface area contributed by atoms with E-state index in [-0.39, 0.29) is 19.1 Å². The lowest BCUT2D eigenvalue weighted by atomic mass is 10.5. The van der Waals surface area contributed by atoms with Crippen molar-refractivity contribution >= 4 is 5.97 Å². The molecule has 72 valence electrons. The minimum Gasteiger partial charge on any atom is -0.465 e. The molecule has 0 heterocycles. The van der Waals surface area contributed by atoms with E-state index in [1.807, 2.05) is 0 Å². The second kappa shape index (κ2) is 7.02. The third-order valence-electron chi connectivity index (χ3n) is 1.17. The summed E-state index contributed by atoms with van der Waals surface area (Å²) < 4.78 is 9.17. The number of aliphatic hydroxyl groups is 1. The number of ether oxygens (including phenoxy) is 2. The molecule has 0 radical (unpaired) electrons. The van der Waals surface area contributed by atoms with Gasteiger partial charge in [-0.1, -0.05) is 0 Å². The van der Waals surface area contributed by atoms with Crippen molar-refractivity contribution < 1.29 is 19.4 Å². The van der Waals surface area contributed by atoms with Gasteiger partial charge in [0.15, 0.2) is 6.29 Å². The van der Waals surface area contributed by atoms with Crippen LogP contribution in [-0.4, -0.2) is 44.2 Å². The molecule has 0 saturated carbocycles. The number of aliphatic hydroxyl groups excluding tert-OH is 1. The predicted molar refractivity (Wildman–Crippen MR) is 42.5 cm³/mol. The van der Waals surface area contributed by atoms with E-state index in [1.54, 1.807) is 6.92 Å². The fourth-order valence-corrected chi connectivity index (χ4v) is 0.593. The number of hydrogen-bond acceptors (Lipinski definition) is 5. The monoisotopic (exact) mass is 177 g/mol. The van der Waals surface area contributed by atoms with Crippen LogP contribution in [0.25, 0.3) is 0 Å². The molecule has 0 aliphatic heterocycles. The molecule has 12 heavy (non-hydrogen) atoms. The molecule has 0 aliphatic carbocycles. The van der Waals surface area contributed by atoms with E-state index in [0.717, 1.165) is 0 Å². The van der Waals surface area contributed by atoms with Crippen molar-refractivity contribution in [2.24, 2.45) is 0 Å². The number of rotatable bonds is 6. The summed E-state index contributed by atoms with van der Waals surface area (Å²) >= 11 is 0. The highest BCUT2D eigenvalue weighted by atomic mass is 16.6. The second-order valence-electron chi connectivity index (χ2n) is 2.13. The van der Waals surface area contributed by atoms with Crippen LogP contribution in [0.1, 0.15) is 6.92 Å². The summed E-state index contributed by atoms with van der Waals surface area (Å²) in [6.45, 7) is 2.42. The Balaban J connectivity index is 3.24. The zero-order valence-corrected chi connectivity index (χ0v) is 7.37. The smallest absolute Gasteiger partial charge is 0.319 e. The molecule has 0 rings (SSSR count). The molecule has 0 aromatic heterocycles. The maximum absolute atomic E-state index is 10.7. The number of carbonyl (C=O) groups is 1. The Kier molecular flexibility index (Phi) is 6.64. The van der Waals surface area contributed by atoms with Crippen LogP contribution >= 0.6 is 0 Å². The maximum Gasteiger partial charge on any atom is 0.319 e. The number of hydrogen-bond donors (Lipinski definition) is 2. The Morgan fingerprint density at radius 3 is 2.83 bits per heavy atom. The summed E-state index contributed by atoms with van der Waals surface area (Å²) in [5.41, 5.74) is 0.